The van der Waals surface area contributed by atoms with Gasteiger partial charge in [-0.2, -0.15) is 0 Å². The number of rotatable bonds is 35. The Morgan fingerprint density at radius 3 is 1.33 bits per heavy atom. The number of aliphatic hydroxyl groups is 1. The van der Waals surface area contributed by atoms with Gasteiger partial charge in [0.05, 0.1) is 6.61 Å². The fourth-order valence-corrected chi connectivity index (χ4v) is 5.21. The lowest BCUT2D eigenvalue weighted by Gasteiger charge is -2.15. The van der Waals surface area contributed by atoms with Crippen molar-refractivity contribution in [2.45, 2.75) is 180 Å². The number of hydrogen-bond donors (Lipinski definition) is 1. The van der Waals surface area contributed by atoms with E-state index in [1.54, 1.807) is 0 Å². The van der Waals surface area contributed by atoms with Gasteiger partial charge in [-0.3, -0.25) is 9.59 Å². The first-order valence-electron chi connectivity index (χ1n) is 20.0. The summed E-state index contributed by atoms with van der Waals surface area (Å²) < 4.78 is 10.6. The van der Waals surface area contributed by atoms with Gasteiger partial charge in [0.25, 0.3) is 0 Å². The summed E-state index contributed by atoms with van der Waals surface area (Å²) in [5, 5.41) is 9.56. The van der Waals surface area contributed by atoms with Crippen LogP contribution in [0.25, 0.3) is 0 Å². The van der Waals surface area contributed by atoms with Crippen LogP contribution >= 0.6 is 0 Å². The van der Waals surface area contributed by atoms with Crippen LogP contribution < -0.4 is 0 Å². The molecule has 0 radical (unpaired) electrons. The molecule has 0 aromatic heterocycles. The highest BCUT2D eigenvalue weighted by molar-refractivity contribution is 5.70. The molecule has 0 aromatic carbocycles. The third kappa shape index (κ3) is 38.0. The van der Waals surface area contributed by atoms with E-state index >= 15 is 0 Å². The van der Waals surface area contributed by atoms with Crippen molar-refractivity contribution in [1.29, 1.82) is 0 Å². The number of allylic oxidation sites excluding steroid dienone is 12. The average molecular weight is 683 g/mol. The lowest BCUT2D eigenvalue weighted by atomic mass is 10.1. The molecule has 1 unspecified atom stereocenters. The van der Waals surface area contributed by atoms with Crippen LogP contribution in [-0.2, 0) is 19.1 Å². The van der Waals surface area contributed by atoms with Gasteiger partial charge in [0.1, 0.15) is 6.61 Å². The van der Waals surface area contributed by atoms with Crippen LogP contribution in [-0.4, -0.2) is 36.4 Å². The van der Waals surface area contributed by atoms with Crippen molar-refractivity contribution in [2.24, 2.45) is 0 Å². The van der Waals surface area contributed by atoms with Crippen molar-refractivity contribution < 1.29 is 24.2 Å². The zero-order chi connectivity index (χ0) is 35.7. The minimum Gasteiger partial charge on any atom is -0.462 e. The summed E-state index contributed by atoms with van der Waals surface area (Å²) in [4.78, 5) is 24.3. The smallest absolute Gasteiger partial charge is 0.306 e. The molecular weight excluding hydrogens is 608 g/mol. The summed E-state index contributed by atoms with van der Waals surface area (Å²) in [6.07, 6.45) is 52.4. The first-order chi connectivity index (χ1) is 24.1. The summed E-state index contributed by atoms with van der Waals surface area (Å²) in [6.45, 7) is 3.95. The Kier molecular flexibility index (Phi) is 37.6. The predicted molar refractivity (Wildman–Crippen MR) is 210 cm³/mol. The Bertz CT molecular complexity index is 910. The quantitative estimate of drug-likeness (QED) is 0.0409. The van der Waals surface area contributed by atoms with Crippen molar-refractivity contribution in [3.63, 3.8) is 0 Å². The molecule has 0 rings (SSSR count). The molecule has 0 saturated heterocycles. The molecule has 1 atom stereocenters. The number of carbonyl (C=O) groups is 2. The molecule has 0 bridgehead atoms. The zero-order valence-corrected chi connectivity index (χ0v) is 31.7. The molecule has 5 nitrogen and oxygen atoms in total. The summed E-state index contributed by atoms with van der Waals surface area (Å²) >= 11 is 0. The summed E-state index contributed by atoms with van der Waals surface area (Å²) in [5.74, 6) is -0.622. The van der Waals surface area contributed by atoms with E-state index < -0.39 is 6.10 Å². The Morgan fingerprint density at radius 2 is 0.878 bits per heavy atom. The van der Waals surface area contributed by atoms with Gasteiger partial charge >= 0.3 is 11.9 Å². The minimum atomic E-state index is -0.784. The van der Waals surface area contributed by atoms with Crippen LogP contribution in [0.5, 0.6) is 0 Å². The molecule has 0 spiro atoms. The second-order valence-electron chi connectivity index (χ2n) is 13.0. The van der Waals surface area contributed by atoms with E-state index in [4.69, 9.17) is 9.47 Å². The van der Waals surface area contributed by atoms with E-state index in [1.165, 1.54) is 64.2 Å². The van der Waals surface area contributed by atoms with Crippen LogP contribution in [0.3, 0.4) is 0 Å². The highest BCUT2D eigenvalue weighted by Crippen LogP contribution is 2.12. The fraction of sp³-hybridized carbons (Fsp3) is 0.682. The van der Waals surface area contributed by atoms with Crippen LogP contribution in [0.15, 0.2) is 72.9 Å². The van der Waals surface area contributed by atoms with Crippen LogP contribution in [0.2, 0.25) is 0 Å². The third-order valence-corrected chi connectivity index (χ3v) is 8.23. The van der Waals surface area contributed by atoms with Crippen molar-refractivity contribution in [1.82, 2.24) is 0 Å². The average Bonchev–Trinajstić information content (AvgIpc) is 3.10. The van der Waals surface area contributed by atoms with Crippen molar-refractivity contribution in [3.8, 4) is 0 Å². The third-order valence-electron chi connectivity index (χ3n) is 8.23. The number of aliphatic hydroxyl groups excluding tert-OH is 1. The van der Waals surface area contributed by atoms with E-state index in [2.05, 4.69) is 86.8 Å². The van der Waals surface area contributed by atoms with Gasteiger partial charge in [-0.25, -0.2) is 0 Å². The van der Waals surface area contributed by atoms with Gasteiger partial charge in [-0.15, -0.1) is 0 Å². The SMILES string of the molecule is CC/C=C\C/C=C\C/C=C\C/C=C\CCCCCCCCCCC(=O)OC(CO)COC(=O)CCCCCCC/C=C\C/C=C\CCCC. The normalized spacial score (nSPS) is 13.0. The molecule has 49 heavy (non-hydrogen) atoms. The second kappa shape index (κ2) is 39.8. The fourth-order valence-electron chi connectivity index (χ4n) is 5.21. The molecular formula is C44H74O5. The molecule has 1 N–H and O–H groups in total. The maximum atomic E-state index is 12.2. The Morgan fingerprint density at radius 1 is 0.490 bits per heavy atom. The maximum absolute atomic E-state index is 12.2. The molecule has 0 amide bonds. The summed E-state index contributed by atoms with van der Waals surface area (Å²) in [5.41, 5.74) is 0. The predicted octanol–water partition coefficient (Wildman–Crippen LogP) is 12.6. The number of carbonyl (C=O) groups excluding carboxylic acids is 2. The molecule has 280 valence electrons. The number of hydrogen-bond acceptors (Lipinski definition) is 5. The number of unbranched alkanes of at least 4 members (excludes halogenated alkanes) is 15. The summed E-state index contributed by atoms with van der Waals surface area (Å²) in [6, 6.07) is 0. The van der Waals surface area contributed by atoms with E-state index in [0.29, 0.717) is 12.8 Å². The topological polar surface area (TPSA) is 72.8 Å². The summed E-state index contributed by atoms with van der Waals surface area (Å²) in [7, 11) is 0. The van der Waals surface area contributed by atoms with Crippen LogP contribution in [0.1, 0.15) is 174 Å². The Labute approximate surface area is 302 Å². The molecule has 5 heteroatoms. The van der Waals surface area contributed by atoms with Gasteiger partial charge < -0.3 is 14.6 Å². The molecule has 0 aliphatic rings. The van der Waals surface area contributed by atoms with Crippen molar-refractivity contribution >= 4 is 11.9 Å². The van der Waals surface area contributed by atoms with Crippen LogP contribution in [0.4, 0.5) is 0 Å². The van der Waals surface area contributed by atoms with E-state index in [1.807, 2.05) is 0 Å². The first kappa shape index (κ1) is 46.3. The number of ether oxygens (including phenoxy) is 2. The Hall–Kier alpha value is -2.66. The minimum absolute atomic E-state index is 0.0799. The molecule has 0 aliphatic carbocycles. The van der Waals surface area contributed by atoms with Gasteiger partial charge in [-0.05, 0) is 77.0 Å². The van der Waals surface area contributed by atoms with E-state index in [-0.39, 0.29) is 25.2 Å². The van der Waals surface area contributed by atoms with Crippen molar-refractivity contribution in [2.75, 3.05) is 13.2 Å². The van der Waals surface area contributed by atoms with Crippen LogP contribution in [0, 0.1) is 0 Å². The second-order valence-corrected chi connectivity index (χ2v) is 13.0. The first-order valence-corrected chi connectivity index (χ1v) is 20.0. The van der Waals surface area contributed by atoms with Gasteiger partial charge in [0.2, 0.25) is 0 Å². The highest BCUT2D eigenvalue weighted by Gasteiger charge is 2.16. The monoisotopic (exact) mass is 683 g/mol. The van der Waals surface area contributed by atoms with E-state index in [0.717, 1.165) is 83.5 Å². The van der Waals surface area contributed by atoms with E-state index in [9.17, 15) is 14.7 Å². The highest BCUT2D eigenvalue weighted by atomic mass is 16.6. The Balaban J connectivity index is 3.61. The lowest BCUT2D eigenvalue weighted by molar-refractivity contribution is -0.161. The largest absolute Gasteiger partial charge is 0.462 e. The standard InChI is InChI=1S/C44H74O5/c1-3-5-7-9-11-13-15-17-19-20-21-22-23-24-25-27-29-31-33-35-37-39-44(47)49-42(40-45)41-48-43(46)38-36-34-32-30-28-26-18-16-14-12-10-8-6-4-2/h5,7,10-13,16-19,21-22,42,45H,3-4,6,8-9,14-15,20,23-41H2,1-2H3/b7-5-,12-10-,13-11-,18-16-,19-17-,22-21-. The lowest BCUT2D eigenvalue weighted by Crippen LogP contribution is -2.28. The molecule has 0 aliphatic heterocycles. The van der Waals surface area contributed by atoms with Gasteiger partial charge in [0.15, 0.2) is 6.10 Å². The van der Waals surface area contributed by atoms with Gasteiger partial charge in [0, 0.05) is 12.8 Å². The molecule has 0 saturated carbocycles. The zero-order valence-electron chi connectivity index (χ0n) is 31.7. The van der Waals surface area contributed by atoms with Crippen molar-refractivity contribution in [3.05, 3.63) is 72.9 Å². The maximum Gasteiger partial charge on any atom is 0.306 e. The molecule has 0 fully saturated rings. The molecule has 0 heterocycles. The van der Waals surface area contributed by atoms with Gasteiger partial charge in [-0.1, -0.05) is 157 Å². The number of esters is 2. The molecule has 0 aromatic rings.